The van der Waals surface area contributed by atoms with Crippen molar-refractivity contribution >= 4 is 27.6 Å². The molecule has 2 aromatic heterocycles. The van der Waals surface area contributed by atoms with Crippen molar-refractivity contribution in [3.05, 3.63) is 77.0 Å². The molecular weight excluding hydrogens is 288 g/mol. The van der Waals surface area contributed by atoms with Crippen LogP contribution in [0.15, 0.2) is 57.4 Å². The van der Waals surface area contributed by atoms with E-state index in [1.54, 1.807) is 18.2 Å². The van der Waals surface area contributed by atoms with Crippen LogP contribution in [0.4, 0.5) is 5.69 Å². The van der Waals surface area contributed by atoms with Crippen molar-refractivity contribution in [2.45, 2.75) is 6.42 Å². The number of rotatable bonds is 2. The van der Waals surface area contributed by atoms with E-state index in [1.807, 2.05) is 30.3 Å². The lowest BCUT2D eigenvalue weighted by atomic mass is 10.1. The van der Waals surface area contributed by atoms with Crippen molar-refractivity contribution in [3.63, 3.8) is 0 Å². The SMILES string of the molecule is [C-]#[N+]c1ccc2oc(Cc3cc4cc(C#N)ccc4o3)cc2c1. The molecule has 0 aliphatic carbocycles. The Morgan fingerprint density at radius 1 is 0.913 bits per heavy atom. The van der Waals surface area contributed by atoms with Crippen molar-refractivity contribution < 1.29 is 8.83 Å². The highest BCUT2D eigenvalue weighted by molar-refractivity contribution is 5.82. The number of benzene rings is 2. The van der Waals surface area contributed by atoms with Gasteiger partial charge in [0.15, 0.2) is 5.69 Å². The third-order valence-corrected chi connectivity index (χ3v) is 3.72. The molecule has 0 saturated heterocycles. The number of furan rings is 2. The molecule has 4 aromatic rings. The van der Waals surface area contributed by atoms with Gasteiger partial charge in [0, 0.05) is 10.8 Å². The van der Waals surface area contributed by atoms with Gasteiger partial charge in [-0.3, -0.25) is 0 Å². The molecule has 4 nitrogen and oxygen atoms in total. The zero-order valence-corrected chi connectivity index (χ0v) is 12.0. The van der Waals surface area contributed by atoms with Crippen LogP contribution >= 0.6 is 0 Å². The van der Waals surface area contributed by atoms with Gasteiger partial charge in [0.05, 0.1) is 24.6 Å². The molecule has 0 unspecified atom stereocenters. The zero-order valence-electron chi connectivity index (χ0n) is 12.0. The van der Waals surface area contributed by atoms with E-state index in [0.29, 0.717) is 17.7 Å². The first kappa shape index (κ1) is 13.2. The van der Waals surface area contributed by atoms with E-state index in [9.17, 15) is 0 Å². The van der Waals surface area contributed by atoms with Gasteiger partial charge in [-0.05, 0) is 42.5 Å². The summed E-state index contributed by atoms with van der Waals surface area (Å²) in [6.07, 6.45) is 0.526. The molecule has 23 heavy (non-hydrogen) atoms. The van der Waals surface area contributed by atoms with Crippen LogP contribution in [-0.2, 0) is 6.42 Å². The van der Waals surface area contributed by atoms with Gasteiger partial charge in [-0.15, -0.1) is 0 Å². The lowest BCUT2D eigenvalue weighted by Gasteiger charge is -1.91. The van der Waals surface area contributed by atoms with E-state index in [1.165, 1.54) is 0 Å². The van der Waals surface area contributed by atoms with E-state index in [-0.39, 0.29) is 0 Å². The van der Waals surface area contributed by atoms with Gasteiger partial charge >= 0.3 is 0 Å². The Bertz CT molecular complexity index is 1030. The Labute approximate surface area is 132 Å². The van der Waals surface area contributed by atoms with E-state index < -0.39 is 0 Å². The van der Waals surface area contributed by atoms with Crippen molar-refractivity contribution in [1.29, 1.82) is 5.26 Å². The molecule has 0 aliphatic heterocycles. The van der Waals surface area contributed by atoms with E-state index >= 15 is 0 Å². The van der Waals surface area contributed by atoms with Crippen LogP contribution in [-0.4, -0.2) is 0 Å². The molecule has 0 amide bonds. The fourth-order valence-corrected chi connectivity index (χ4v) is 2.67. The second kappa shape index (κ2) is 5.05. The minimum atomic E-state index is 0.526. The largest absolute Gasteiger partial charge is 0.461 e. The fourth-order valence-electron chi connectivity index (χ4n) is 2.67. The first-order valence-corrected chi connectivity index (χ1v) is 7.08. The summed E-state index contributed by atoms with van der Waals surface area (Å²) < 4.78 is 11.6. The molecule has 108 valence electrons. The summed E-state index contributed by atoms with van der Waals surface area (Å²) in [5.74, 6) is 1.56. The fraction of sp³-hybridized carbons (Fsp3) is 0.0526. The summed E-state index contributed by atoms with van der Waals surface area (Å²) in [5, 5.41) is 10.8. The van der Waals surface area contributed by atoms with Crippen LogP contribution in [0, 0.1) is 17.9 Å². The van der Waals surface area contributed by atoms with Crippen molar-refractivity contribution in [3.8, 4) is 6.07 Å². The standard InChI is InChI=1S/C19H10N2O2/c1-21-15-3-5-19-14(7-15)9-17(23-19)10-16-8-13-6-12(11-20)2-4-18(13)22-16/h2-9H,10H2. The van der Waals surface area contributed by atoms with Gasteiger partial charge in [0.1, 0.15) is 22.7 Å². The topological polar surface area (TPSA) is 54.4 Å². The number of hydrogen-bond acceptors (Lipinski definition) is 3. The molecule has 0 bridgehead atoms. The van der Waals surface area contributed by atoms with Crippen LogP contribution in [0.5, 0.6) is 0 Å². The van der Waals surface area contributed by atoms with E-state index in [4.69, 9.17) is 20.7 Å². The minimum Gasteiger partial charge on any atom is -0.461 e. The molecule has 0 atom stereocenters. The zero-order chi connectivity index (χ0) is 15.8. The van der Waals surface area contributed by atoms with E-state index in [0.717, 1.165) is 33.5 Å². The molecule has 4 rings (SSSR count). The molecule has 2 aromatic carbocycles. The molecule has 2 heterocycles. The molecular formula is C19H10N2O2. The van der Waals surface area contributed by atoms with Gasteiger partial charge in [-0.25, -0.2) is 4.85 Å². The number of fused-ring (bicyclic) bond motifs is 2. The maximum absolute atomic E-state index is 8.95. The molecule has 0 saturated carbocycles. The lowest BCUT2D eigenvalue weighted by molar-refractivity contribution is 0.512. The van der Waals surface area contributed by atoms with Gasteiger partial charge in [0.25, 0.3) is 0 Å². The summed E-state index contributed by atoms with van der Waals surface area (Å²) in [6.45, 7) is 7.06. The minimum absolute atomic E-state index is 0.526. The lowest BCUT2D eigenvalue weighted by Crippen LogP contribution is -1.80. The average Bonchev–Trinajstić information content (AvgIpc) is 3.15. The Morgan fingerprint density at radius 3 is 2.22 bits per heavy atom. The average molecular weight is 298 g/mol. The highest BCUT2D eigenvalue weighted by atomic mass is 16.4. The quantitative estimate of drug-likeness (QED) is 0.478. The highest BCUT2D eigenvalue weighted by Gasteiger charge is 2.10. The van der Waals surface area contributed by atoms with Gasteiger partial charge in [-0.2, -0.15) is 5.26 Å². The Hall–Kier alpha value is -3.50. The first-order chi connectivity index (χ1) is 11.2. The Kier molecular flexibility index (Phi) is 2.89. The van der Waals surface area contributed by atoms with Crippen LogP contribution in [0.3, 0.4) is 0 Å². The van der Waals surface area contributed by atoms with Crippen molar-refractivity contribution in [2.24, 2.45) is 0 Å². The summed E-state index contributed by atoms with van der Waals surface area (Å²) in [6, 6.07) is 16.7. The maximum Gasteiger partial charge on any atom is 0.188 e. The summed E-state index contributed by atoms with van der Waals surface area (Å²) in [7, 11) is 0. The summed E-state index contributed by atoms with van der Waals surface area (Å²) in [4.78, 5) is 3.42. The molecule has 0 radical (unpaired) electrons. The third kappa shape index (κ3) is 2.33. The molecule has 0 fully saturated rings. The van der Waals surface area contributed by atoms with Crippen molar-refractivity contribution in [2.75, 3.05) is 0 Å². The first-order valence-electron chi connectivity index (χ1n) is 7.08. The maximum atomic E-state index is 8.95. The monoisotopic (exact) mass is 298 g/mol. The molecule has 0 N–H and O–H groups in total. The third-order valence-electron chi connectivity index (χ3n) is 3.72. The van der Waals surface area contributed by atoms with Crippen molar-refractivity contribution in [1.82, 2.24) is 0 Å². The van der Waals surface area contributed by atoms with Gasteiger partial charge in [-0.1, -0.05) is 6.07 Å². The van der Waals surface area contributed by atoms with Gasteiger partial charge < -0.3 is 8.83 Å². The Morgan fingerprint density at radius 2 is 1.57 bits per heavy atom. The highest BCUT2D eigenvalue weighted by Crippen LogP contribution is 2.27. The predicted octanol–water partition coefficient (Wildman–Crippen LogP) is 5.19. The van der Waals surface area contributed by atoms with Crippen LogP contribution < -0.4 is 0 Å². The summed E-state index contributed by atoms with van der Waals surface area (Å²) >= 11 is 0. The van der Waals surface area contributed by atoms with Crippen LogP contribution in [0.25, 0.3) is 26.8 Å². The summed E-state index contributed by atoms with van der Waals surface area (Å²) in [5.41, 5.74) is 2.72. The van der Waals surface area contributed by atoms with Crippen LogP contribution in [0.2, 0.25) is 0 Å². The Balaban J connectivity index is 1.70. The molecule has 4 heteroatoms. The van der Waals surface area contributed by atoms with Crippen LogP contribution in [0.1, 0.15) is 17.1 Å². The predicted molar refractivity (Wildman–Crippen MR) is 86.2 cm³/mol. The number of nitrogens with zero attached hydrogens (tertiary/aromatic N) is 2. The number of nitriles is 1. The number of hydrogen-bond donors (Lipinski definition) is 0. The molecule has 0 aliphatic rings. The van der Waals surface area contributed by atoms with Gasteiger partial charge in [0.2, 0.25) is 0 Å². The second-order valence-corrected chi connectivity index (χ2v) is 5.30. The molecule has 0 spiro atoms. The smallest absolute Gasteiger partial charge is 0.188 e. The normalized spacial score (nSPS) is 10.7. The van der Waals surface area contributed by atoms with E-state index in [2.05, 4.69) is 10.9 Å². The second-order valence-electron chi connectivity index (χ2n) is 5.30.